The van der Waals surface area contributed by atoms with Gasteiger partial charge in [0.25, 0.3) is 0 Å². The molecule has 5 nitrogen and oxygen atoms in total. The molecule has 1 amide bonds. The zero-order valence-electron chi connectivity index (χ0n) is 11.3. The molecule has 0 N–H and O–H groups in total. The summed E-state index contributed by atoms with van der Waals surface area (Å²) in [5, 5.41) is 0.619. The minimum absolute atomic E-state index is 0.0631. The van der Waals surface area contributed by atoms with E-state index in [4.69, 9.17) is 11.6 Å². The number of carbonyl (C=O) groups is 2. The minimum atomic E-state index is -0.311. The second-order valence-corrected chi connectivity index (χ2v) is 5.10. The van der Waals surface area contributed by atoms with Gasteiger partial charge >= 0.3 is 6.09 Å². The summed E-state index contributed by atoms with van der Waals surface area (Å²) in [6, 6.07) is 6.89. The van der Waals surface area contributed by atoms with E-state index in [0.717, 1.165) is 0 Å². The molecule has 108 valence electrons. The van der Waals surface area contributed by atoms with E-state index in [1.165, 1.54) is 7.11 Å². The van der Waals surface area contributed by atoms with Gasteiger partial charge in [0.1, 0.15) is 0 Å². The number of methoxy groups -OCH3 is 1. The summed E-state index contributed by atoms with van der Waals surface area (Å²) in [7, 11) is 1.37. The molecule has 0 aliphatic carbocycles. The Hall–Kier alpha value is -1.59. The third-order valence-electron chi connectivity index (χ3n) is 3.34. The zero-order chi connectivity index (χ0) is 14.5. The Morgan fingerprint density at radius 3 is 2.30 bits per heavy atom. The lowest BCUT2D eigenvalue weighted by molar-refractivity contribution is 0.0790. The molecular formula is C14H17ClN2O3. The smallest absolute Gasteiger partial charge is 0.409 e. The maximum Gasteiger partial charge on any atom is 0.409 e. The molecule has 0 bridgehead atoms. The minimum Gasteiger partial charge on any atom is -0.453 e. The number of ketones is 1. The fourth-order valence-corrected chi connectivity index (χ4v) is 2.27. The molecular weight excluding hydrogens is 280 g/mol. The predicted molar refractivity (Wildman–Crippen MR) is 76.2 cm³/mol. The maximum atomic E-state index is 12.1. The van der Waals surface area contributed by atoms with E-state index in [9.17, 15) is 9.59 Å². The lowest BCUT2D eigenvalue weighted by Gasteiger charge is -2.33. The Balaban J connectivity index is 1.85. The Morgan fingerprint density at radius 1 is 1.15 bits per heavy atom. The van der Waals surface area contributed by atoms with Gasteiger partial charge in [-0.15, -0.1) is 0 Å². The predicted octanol–water partition coefficient (Wildman–Crippen LogP) is 1.91. The molecule has 0 unspecified atom stereocenters. The normalized spacial score (nSPS) is 16.0. The van der Waals surface area contributed by atoms with Gasteiger partial charge < -0.3 is 9.64 Å². The van der Waals surface area contributed by atoms with Gasteiger partial charge in [0.15, 0.2) is 5.78 Å². The standard InChI is InChI=1S/C14H17ClN2O3/c1-20-14(19)17-8-6-16(7-9-17)10-13(18)11-2-4-12(15)5-3-11/h2-5H,6-10H2,1H3. The molecule has 1 fully saturated rings. The summed E-state index contributed by atoms with van der Waals surface area (Å²) in [5.41, 5.74) is 0.657. The first-order valence-electron chi connectivity index (χ1n) is 6.44. The highest BCUT2D eigenvalue weighted by Crippen LogP contribution is 2.11. The summed E-state index contributed by atoms with van der Waals surface area (Å²) < 4.78 is 4.68. The number of piperazine rings is 1. The molecule has 1 aliphatic heterocycles. The first kappa shape index (κ1) is 14.8. The topological polar surface area (TPSA) is 49.9 Å². The molecule has 2 rings (SSSR count). The number of hydrogen-bond donors (Lipinski definition) is 0. The second-order valence-electron chi connectivity index (χ2n) is 4.66. The molecule has 6 heteroatoms. The molecule has 0 radical (unpaired) electrons. The van der Waals surface area contributed by atoms with Gasteiger partial charge in [-0.25, -0.2) is 4.79 Å². The molecule has 1 aromatic carbocycles. The molecule has 0 saturated carbocycles. The van der Waals surface area contributed by atoms with Gasteiger partial charge in [-0.2, -0.15) is 0 Å². The third-order valence-corrected chi connectivity index (χ3v) is 3.59. The van der Waals surface area contributed by atoms with Crippen molar-refractivity contribution in [2.24, 2.45) is 0 Å². The lowest BCUT2D eigenvalue weighted by atomic mass is 10.1. The Morgan fingerprint density at radius 2 is 1.75 bits per heavy atom. The lowest BCUT2D eigenvalue weighted by Crippen LogP contribution is -2.49. The van der Waals surface area contributed by atoms with E-state index in [1.54, 1.807) is 29.2 Å². The van der Waals surface area contributed by atoms with Gasteiger partial charge in [-0.3, -0.25) is 9.69 Å². The van der Waals surface area contributed by atoms with Crippen LogP contribution < -0.4 is 0 Å². The average molecular weight is 297 g/mol. The van der Waals surface area contributed by atoms with Gasteiger partial charge in [-0.1, -0.05) is 11.6 Å². The first-order valence-corrected chi connectivity index (χ1v) is 6.82. The van der Waals surface area contributed by atoms with Crippen LogP contribution in [0.5, 0.6) is 0 Å². The van der Waals surface area contributed by atoms with Crippen LogP contribution in [-0.4, -0.2) is 61.5 Å². The van der Waals surface area contributed by atoms with E-state index >= 15 is 0 Å². The highest BCUT2D eigenvalue weighted by Gasteiger charge is 2.22. The average Bonchev–Trinajstić information content (AvgIpc) is 2.48. The second kappa shape index (κ2) is 6.72. The molecule has 1 heterocycles. The van der Waals surface area contributed by atoms with Gasteiger partial charge in [0.05, 0.1) is 13.7 Å². The van der Waals surface area contributed by atoms with E-state index in [1.807, 2.05) is 4.90 Å². The van der Waals surface area contributed by atoms with Crippen molar-refractivity contribution in [1.82, 2.24) is 9.80 Å². The number of halogens is 1. The van der Waals surface area contributed by atoms with Crippen LogP contribution >= 0.6 is 11.6 Å². The van der Waals surface area contributed by atoms with Crippen molar-refractivity contribution in [3.63, 3.8) is 0 Å². The van der Waals surface area contributed by atoms with Crippen molar-refractivity contribution < 1.29 is 14.3 Å². The van der Waals surface area contributed by atoms with E-state index in [2.05, 4.69) is 4.74 Å². The van der Waals surface area contributed by atoms with E-state index < -0.39 is 0 Å². The zero-order valence-corrected chi connectivity index (χ0v) is 12.1. The Bertz CT molecular complexity index is 482. The number of benzene rings is 1. The third kappa shape index (κ3) is 3.71. The SMILES string of the molecule is COC(=O)N1CCN(CC(=O)c2ccc(Cl)cc2)CC1. The Labute approximate surface area is 123 Å². The summed E-state index contributed by atoms with van der Waals surface area (Å²) in [4.78, 5) is 27.1. The largest absolute Gasteiger partial charge is 0.453 e. The van der Waals surface area contributed by atoms with Crippen LogP contribution in [0.3, 0.4) is 0 Å². The number of nitrogens with zero attached hydrogens (tertiary/aromatic N) is 2. The Kier molecular flexibility index (Phi) is 4.98. The fraction of sp³-hybridized carbons (Fsp3) is 0.429. The molecule has 1 saturated heterocycles. The maximum absolute atomic E-state index is 12.1. The van der Waals surface area contributed by atoms with Gasteiger partial charge in [0, 0.05) is 36.8 Å². The van der Waals surface area contributed by atoms with Crippen molar-refractivity contribution in [1.29, 1.82) is 0 Å². The van der Waals surface area contributed by atoms with Crippen LogP contribution in [0, 0.1) is 0 Å². The number of carbonyl (C=O) groups excluding carboxylic acids is 2. The molecule has 1 aromatic rings. The van der Waals surface area contributed by atoms with Crippen molar-refractivity contribution in [3.05, 3.63) is 34.9 Å². The number of amides is 1. The molecule has 0 aromatic heterocycles. The monoisotopic (exact) mass is 296 g/mol. The quantitative estimate of drug-likeness (QED) is 0.800. The van der Waals surface area contributed by atoms with Crippen LogP contribution in [0.15, 0.2) is 24.3 Å². The van der Waals surface area contributed by atoms with Crippen molar-refractivity contribution in [2.45, 2.75) is 0 Å². The molecule has 0 atom stereocenters. The van der Waals surface area contributed by atoms with Crippen molar-refractivity contribution in [2.75, 3.05) is 39.8 Å². The molecule has 1 aliphatic rings. The fourth-order valence-electron chi connectivity index (χ4n) is 2.15. The highest BCUT2D eigenvalue weighted by molar-refractivity contribution is 6.30. The molecule has 0 spiro atoms. The summed E-state index contributed by atoms with van der Waals surface area (Å²) in [6.07, 6.45) is -0.311. The number of Topliss-reactive ketones (excluding diaryl/α,β-unsaturated/α-hetero) is 1. The van der Waals surface area contributed by atoms with Crippen molar-refractivity contribution in [3.8, 4) is 0 Å². The summed E-state index contributed by atoms with van der Waals surface area (Å²) >= 11 is 5.80. The summed E-state index contributed by atoms with van der Waals surface area (Å²) in [5.74, 6) is 0.0631. The molecule has 20 heavy (non-hydrogen) atoms. The van der Waals surface area contributed by atoms with E-state index in [-0.39, 0.29) is 11.9 Å². The number of hydrogen-bond acceptors (Lipinski definition) is 4. The highest BCUT2D eigenvalue weighted by atomic mass is 35.5. The van der Waals surface area contributed by atoms with Crippen LogP contribution in [0.2, 0.25) is 5.02 Å². The first-order chi connectivity index (χ1) is 9.60. The summed E-state index contributed by atoms with van der Waals surface area (Å²) in [6.45, 7) is 2.88. The van der Waals surface area contributed by atoms with Gasteiger partial charge in [0.2, 0.25) is 0 Å². The van der Waals surface area contributed by atoms with Crippen LogP contribution in [0.25, 0.3) is 0 Å². The van der Waals surface area contributed by atoms with Crippen molar-refractivity contribution >= 4 is 23.5 Å². The number of ether oxygens (including phenoxy) is 1. The van der Waals surface area contributed by atoms with Crippen LogP contribution in [-0.2, 0) is 4.74 Å². The van der Waals surface area contributed by atoms with Gasteiger partial charge in [-0.05, 0) is 24.3 Å². The van der Waals surface area contributed by atoms with Crippen LogP contribution in [0.1, 0.15) is 10.4 Å². The van der Waals surface area contributed by atoms with E-state index in [0.29, 0.717) is 43.3 Å². The number of rotatable bonds is 3. The van der Waals surface area contributed by atoms with Crippen LogP contribution in [0.4, 0.5) is 4.79 Å².